The van der Waals surface area contributed by atoms with Crippen molar-refractivity contribution in [3.8, 4) is 0 Å². The molecule has 1 saturated heterocycles. The van der Waals surface area contributed by atoms with Gasteiger partial charge in [-0.25, -0.2) is 4.98 Å². The molecule has 0 atom stereocenters. The number of anilines is 1. The Hall–Kier alpha value is -1.55. The van der Waals surface area contributed by atoms with Gasteiger partial charge >= 0.3 is 0 Å². The Morgan fingerprint density at radius 2 is 2.00 bits per heavy atom. The molecular weight excluding hydrogens is 236 g/mol. The number of nitrogens with one attached hydrogen (secondary N) is 1. The number of rotatable bonds is 2. The van der Waals surface area contributed by atoms with Crippen LogP contribution in [0.3, 0.4) is 0 Å². The van der Waals surface area contributed by atoms with Crippen molar-refractivity contribution < 1.29 is 0 Å². The molecule has 4 nitrogen and oxygen atoms in total. The van der Waals surface area contributed by atoms with Crippen LogP contribution in [0.25, 0.3) is 5.52 Å². The highest BCUT2D eigenvalue weighted by atomic mass is 15.3. The van der Waals surface area contributed by atoms with Crippen LogP contribution in [-0.4, -0.2) is 35.6 Å². The monoisotopic (exact) mass is 256 g/mol. The molecule has 1 N–H and O–H groups in total. The maximum atomic E-state index is 4.69. The first kappa shape index (κ1) is 11.3. The second-order valence-corrected chi connectivity index (χ2v) is 5.63. The molecule has 0 radical (unpaired) electrons. The summed E-state index contributed by atoms with van der Waals surface area (Å²) in [5.74, 6) is 3.26. The standard InChI is InChI=1S/C15H20N4/c1-3-12(4-1)15-17-11-13-5-2-6-14(19(13)15)18-9-7-16-8-10-18/h2,5-6,11-12,16H,1,3-4,7-10H2. The molecule has 2 aromatic rings. The van der Waals surface area contributed by atoms with Crippen LogP contribution in [0.4, 0.5) is 5.82 Å². The summed E-state index contributed by atoms with van der Waals surface area (Å²) in [5.41, 5.74) is 1.23. The van der Waals surface area contributed by atoms with Crippen LogP contribution in [0.2, 0.25) is 0 Å². The number of hydrogen-bond acceptors (Lipinski definition) is 3. The smallest absolute Gasteiger partial charge is 0.117 e. The van der Waals surface area contributed by atoms with Crippen LogP contribution >= 0.6 is 0 Å². The van der Waals surface area contributed by atoms with Crippen LogP contribution < -0.4 is 10.2 Å². The van der Waals surface area contributed by atoms with E-state index in [0.717, 1.165) is 26.2 Å². The lowest BCUT2D eigenvalue weighted by molar-refractivity contribution is 0.400. The van der Waals surface area contributed by atoms with E-state index in [4.69, 9.17) is 4.98 Å². The summed E-state index contributed by atoms with van der Waals surface area (Å²) in [7, 11) is 0. The Morgan fingerprint density at radius 1 is 1.16 bits per heavy atom. The minimum Gasteiger partial charge on any atom is -0.355 e. The van der Waals surface area contributed by atoms with Gasteiger partial charge in [-0.05, 0) is 25.0 Å². The van der Waals surface area contributed by atoms with Crippen LogP contribution in [0.5, 0.6) is 0 Å². The Morgan fingerprint density at radius 3 is 2.74 bits per heavy atom. The molecule has 1 saturated carbocycles. The molecule has 2 fully saturated rings. The van der Waals surface area contributed by atoms with Crippen molar-refractivity contribution in [3.05, 3.63) is 30.2 Å². The zero-order valence-electron chi connectivity index (χ0n) is 11.2. The molecule has 0 aromatic carbocycles. The van der Waals surface area contributed by atoms with Crippen molar-refractivity contribution in [2.75, 3.05) is 31.1 Å². The Balaban J connectivity index is 1.81. The lowest BCUT2D eigenvalue weighted by Gasteiger charge is -2.32. The van der Waals surface area contributed by atoms with Gasteiger partial charge in [-0.15, -0.1) is 0 Å². The average Bonchev–Trinajstić information content (AvgIpc) is 2.82. The van der Waals surface area contributed by atoms with Gasteiger partial charge in [0, 0.05) is 32.1 Å². The van der Waals surface area contributed by atoms with Gasteiger partial charge in [-0.1, -0.05) is 12.5 Å². The Kier molecular flexibility index (Phi) is 2.69. The molecule has 1 aliphatic carbocycles. The van der Waals surface area contributed by atoms with Crippen molar-refractivity contribution in [3.63, 3.8) is 0 Å². The first-order chi connectivity index (χ1) is 9.43. The highest BCUT2D eigenvalue weighted by Gasteiger charge is 2.25. The number of pyridine rings is 1. The van der Waals surface area contributed by atoms with Gasteiger partial charge in [-0.3, -0.25) is 4.40 Å². The average molecular weight is 256 g/mol. The fourth-order valence-electron chi connectivity index (χ4n) is 3.15. The van der Waals surface area contributed by atoms with Gasteiger partial charge in [-0.2, -0.15) is 0 Å². The van der Waals surface area contributed by atoms with Crippen LogP contribution in [0.15, 0.2) is 24.4 Å². The topological polar surface area (TPSA) is 32.6 Å². The SMILES string of the molecule is c1cc(N2CCNCC2)n2c(C3CCC3)ncc2c1. The lowest BCUT2D eigenvalue weighted by Crippen LogP contribution is -2.44. The summed E-state index contributed by atoms with van der Waals surface area (Å²) >= 11 is 0. The molecule has 0 spiro atoms. The molecule has 19 heavy (non-hydrogen) atoms. The summed E-state index contributed by atoms with van der Waals surface area (Å²) in [5, 5.41) is 3.42. The third-order valence-electron chi connectivity index (χ3n) is 4.47. The number of fused-ring (bicyclic) bond motifs is 1. The van der Waals surface area contributed by atoms with E-state index < -0.39 is 0 Å². The van der Waals surface area contributed by atoms with E-state index in [1.807, 2.05) is 6.20 Å². The van der Waals surface area contributed by atoms with Gasteiger partial charge in [0.15, 0.2) is 0 Å². The molecule has 0 unspecified atom stereocenters. The summed E-state index contributed by atoms with van der Waals surface area (Å²) in [4.78, 5) is 7.17. The van der Waals surface area contributed by atoms with E-state index in [-0.39, 0.29) is 0 Å². The second-order valence-electron chi connectivity index (χ2n) is 5.63. The quantitative estimate of drug-likeness (QED) is 0.892. The van der Waals surface area contributed by atoms with Crippen molar-refractivity contribution in [1.82, 2.24) is 14.7 Å². The van der Waals surface area contributed by atoms with E-state index in [1.165, 1.54) is 36.4 Å². The third-order valence-corrected chi connectivity index (χ3v) is 4.47. The van der Waals surface area contributed by atoms with Gasteiger partial charge in [0.2, 0.25) is 0 Å². The minimum atomic E-state index is 0.673. The molecule has 0 bridgehead atoms. The van der Waals surface area contributed by atoms with Gasteiger partial charge in [0.25, 0.3) is 0 Å². The molecule has 3 heterocycles. The van der Waals surface area contributed by atoms with Gasteiger partial charge in [0.05, 0.1) is 11.7 Å². The van der Waals surface area contributed by atoms with Crippen LogP contribution in [0, 0.1) is 0 Å². The number of imidazole rings is 1. The Labute approximate surface area is 113 Å². The van der Waals surface area contributed by atoms with Crippen LogP contribution in [0.1, 0.15) is 31.0 Å². The number of piperazine rings is 1. The predicted molar refractivity (Wildman–Crippen MR) is 76.9 cm³/mol. The molecule has 100 valence electrons. The largest absolute Gasteiger partial charge is 0.355 e. The predicted octanol–water partition coefficient (Wildman–Crippen LogP) is 2.01. The third kappa shape index (κ3) is 1.82. The number of hydrogen-bond donors (Lipinski definition) is 1. The molecule has 2 aromatic heterocycles. The molecule has 1 aliphatic heterocycles. The normalized spacial score (nSPS) is 20.7. The molecule has 4 heteroatoms. The zero-order chi connectivity index (χ0) is 12.7. The van der Waals surface area contributed by atoms with Crippen molar-refractivity contribution in [2.24, 2.45) is 0 Å². The van der Waals surface area contributed by atoms with Crippen LogP contribution in [-0.2, 0) is 0 Å². The van der Waals surface area contributed by atoms with Gasteiger partial charge < -0.3 is 10.2 Å². The lowest BCUT2D eigenvalue weighted by atomic mass is 9.85. The summed E-state index contributed by atoms with van der Waals surface area (Å²) in [6.07, 6.45) is 5.98. The fraction of sp³-hybridized carbons (Fsp3) is 0.533. The zero-order valence-corrected chi connectivity index (χ0v) is 11.2. The van der Waals surface area contributed by atoms with E-state index in [0.29, 0.717) is 5.92 Å². The summed E-state index contributed by atoms with van der Waals surface area (Å²) in [6, 6.07) is 6.56. The van der Waals surface area contributed by atoms with Crippen molar-refractivity contribution in [2.45, 2.75) is 25.2 Å². The summed E-state index contributed by atoms with van der Waals surface area (Å²) < 4.78 is 2.38. The number of aromatic nitrogens is 2. The molecule has 2 aliphatic rings. The van der Waals surface area contributed by atoms with Gasteiger partial charge in [0.1, 0.15) is 11.6 Å². The maximum Gasteiger partial charge on any atom is 0.117 e. The molecule has 0 amide bonds. The first-order valence-electron chi connectivity index (χ1n) is 7.35. The summed E-state index contributed by atoms with van der Waals surface area (Å²) in [6.45, 7) is 4.32. The first-order valence-corrected chi connectivity index (χ1v) is 7.35. The van der Waals surface area contributed by atoms with E-state index in [1.54, 1.807) is 0 Å². The highest BCUT2D eigenvalue weighted by Crippen LogP contribution is 2.37. The minimum absolute atomic E-state index is 0.673. The Bertz CT molecular complexity index is 579. The van der Waals surface area contributed by atoms with Crippen molar-refractivity contribution >= 4 is 11.3 Å². The van der Waals surface area contributed by atoms with Crippen molar-refractivity contribution in [1.29, 1.82) is 0 Å². The highest BCUT2D eigenvalue weighted by molar-refractivity contribution is 5.56. The molecular formula is C15H20N4. The fourth-order valence-corrected chi connectivity index (χ4v) is 3.15. The molecule has 4 rings (SSSR count). The maximum absolute atomic E-state index is 4.69. The number of nitrogens with zero attached hydrogens (tertiary/aromatic N) is 3. The van der Waals surface area contributed by atoms with E-state index in [2.05, 4.69) is 32.8 Å². The second kappa shape index (κ2) is 4.53. The van der Waals surface area contributed by atoms with E-state index in [9.17, 15) is 0 Å². The van der Waals surface area contributed by atoms with E-state index >= 15 is 0 Å².